The van der Waals surface area contributed by atoms with E-state index in [1.165, 1.54) is 13.2 Å². The Hall–Kier alpha value is -0.460. The first kappa shape index (κ1) is 13.6. The summed E-state index contributed by atoms with van der Waals surface area (Å²) < 4.78 is 27.0. The molecule has 2 aromatic rings. The van der Waals surface area contributed by atoms with Crippen LogP contribution in [0, 0.1) is 0 Å². The van der Waals surface area contributed by atoms with Crippen molar-refractivity contribution in [3.8, 4) is 5.75 Å². The topological polar surface area (TPSA) is 62.2 Å². The van der Waals surface area contributed by atoms with Crippen LogP contribution in [0.4, 0.5) is 0 Å². The van der Waals surface area contributed by atoms with E-state index in [-0.39, 0.29) is 34.5 Å². The number of benzene rings is 1. The van der Waals surface area contributed by atoms with Gasteiger partial charge in [0.2, 0.25) is 0 Å². The van der Waals surface area contributed by atoms with E-state index in [9.17, 15) is 8.76 Å². The van der Waals surface area contributed by atoms with Gasteiger partial charge in [-0.25, -0.2) is 0 Å². The SMILES string of the molecule is COc1ccc(S(=O)[O-])c2ncccc12.[Na+]. The maximum atomic E-state index is 10.9. The van der Waals surface area contributed by atoms with Crippen LogP contribution in [0.3, 0.4) is 0 Å². The molecule has 16 heavy (non-hydrogen) atoms. The number of nitrogens with zero attached hydrogens (tertiary/aromatic N) is 1. The number of hydrogen-bond acceptors (Lipinski definition) is 4. The molecule has 4 nitrogen and oxygen atoms in total. The molecule has 2 rings (SSSR count). The Labute approximate surface area is 118 Å². The van der Waals surface area contributed by atoms with Crippen molar-refractivity contribution in [3.05, 3.63) is 30.5 Å². The van der Waals surface area contributed by atoms with Gasteiger partial charge in [0.25, 0.3) is 0 Å². The van der Waals surface area contributed by atoms with Crippen LogP contribution in [-0.4, -0.2) is 20.9 Å². The third kappa shape index (κ3) is 2.44. The van der Waals surface area contributed by atoms with Gasteiger partial charge < -0.3 is 9.29 Å². The van der Waals surface area contributed by atoms with E-state index in [4.69, 9.17) is 4.74 Å². The number of fused-ring (bicyclic) bond motifs is 1. The summed E-state index contributed by atoms with van der Waals surface area (Å²) in [6.07, 6.45) is 1.55. The summed E-state index contributed by atoms with van der Waals surface area (Å²) in [6, 6.07) is 6.62. The molecule has 0 fully saturated rings. The smallest absolute Gasteiger partial charge is 0.768 e. The van der Waals surface area contributed by atoms with Crippen LogP contribution < -0.4 is 34.3 Å². The molecule has 0 radical (unpaired) electrons. The number of ether oxygens (including phenoxy) is 1. The molecule has 1 unspecified atom stereocenters. The summed E-state index contributed by atoms with van der Waals surface area (Å²) in [4.78, 5) is 4.22. The molecule has 78 valence electrons. The van der Waals surface area contributed by atoms with E-state index in [1.54, 1.807) is 24.4 Å². The maximum Gasteiger partial charge on any atom is 1.00 e. The van der Waals surface area contributed by atoms with Crippen LogP contribution in [0.25, 0.3) is 10.9 Å². The molecule has 1 aromatic heterocycles. The van der Waals surface area contributed by atoms with Crippen LogP contribution in [0.1, 0.15) is 0 Å². The second kappa shape index (κ2) is 5.75. The minimum Gasteiger partial charge on any atom is -0.768 e. The predicted octanol–water partition coefficient (Wildman–Crippen LogP) is -1.51. The molecular formula is C10H8NNaO3S. The van der Waals surface area contributed by atoms with Crippen molar-refractivity contribution < 1.29 is 43.1 Å². The summed E-state index contributed by atoms with van der Waals surface area (Å²) >= 11 is -2.28. The van der Waals surface area contributed by atoms with E-state index < -0.39 is 11.1 Å². The number of hydrogen-bond donors (Lipinski definition) is 0. The zero-order valence-corrected chi connectivity index (χ0v) is 11.8. The average molecular weight is 245 g/mol. The van der Waals surface area contributed by atoms with Gasteiger partial charge in [-0.1, -0.05) is 0 Å². The zero-order valence-electron chi connectivity index (χ0n) is 8.97. The van der Waals surface area contributed by atoms with Crippen LogP contribution in [0.15, 0.2) is 35.4 Å². The van der Waals surface area contributed by atoms with Crippen molar-refractivity contribution in [2.24, 2.45) is 0 Å². The Morgan fingerprint density at radius 3 is 2.75 bits per heavy atom. The number of rotatable bonds is 2. The fraction of sp³-hybridized carbons (Fsp3) is 0.100. The molecule has 0 aliphatic carbocycles. The van der Waals surface area contributed by atoms with Gasteiger partial charge in [0.15, 0.2) is 0 Å². The molecule has 0 saturated carbocycles. The van der Waals surface area contributed by atoms with E-state index in [2.05, 4.69) is 4.98 Å². The van der Waals surface area contributed by atoms with Crippen molar-refractivity contribution in [1.29, 1.82) is 0 Å². The van der Waals surface area contributed by atoms with Gasteiger partial charge in [0.1, 0.15) is 5.75 Å². The normalized spacial score (nSPS) is 11.9. The average Bonchev–Trinajstić information content (AvgIpc) is 2.27. The fourth-order valence-electron chi connectivity index (χ4n) is 1.43. The first-order chi connectivity index (χ1) is 7.24. The quantitative estimate of drug-likeness (QED) is 0.476. The van der Waals surface area contributed by atoms with Gasteiger partial charge in [0, 0.05) is 11.6 Å². The molecule has 1 aromatic carbocycles. The van der Waals surface area contributed by atoms with Crippen LogP contribution >= 0.6 is 0 Å². The van der Waals surface area contributed by atoms with E-state index >= 15 is 0 Å². The maximum absolute atomic E-state index is 10.9. The zero-order chi connectivity index (χ0) is 10.8. The summed E-state index contributed by atoms with van der Waals surface area (Å²) in [7, 11) is 1.54. The Morgan fingerprint density at radius 2 is 2.12 bits per heavy atom. The Balaban J connectivity index is 0.00000128. The second-order valence-electron chi connectivity index (χ2n) is 2.90. The molecule has 0 aliphatic rings. The van der Waals surface area contributed by atoms with Crippen LogP contribution in [0.2, 0.25) is 0 Å². The Kier molecular flexibility index (Phi) is 4.89. The van der Waals surface area contributed by atoms with Gasteiger partial charge in [-0.05, 0) is 35.3 Å². The largest absolute Gasteiger partial charge is 1.00 e. The van der Waals surface area contributed by atoms with Gasteiger partial charge in [-0.3, -0.25) is 9.19 Å². The van der Waals surface area contributed by atoms with Crippen molar-refractivity contribution in [3.63, 3.8) is 0 Å². The van der Waals surface area contributed by atoms with Crippen LogP contribution in [0.5, 0.6) is 5.75 Å². The summed E-state index contributed by atoms with van der Waals surface area (Å²) in [5.74, 6) is 0.618. The molecule has 1 atom stereocenters. The Bertz CT molecular complexity index is 532. The summed E-state index contributed by atoms with van der Waals surface area (Å²) in [5.41, 5.74) is 0.435. The minimum atomic E-state index is -2.28. The number of methoxy groups -OCH3 is 1. The molecule has 0 amide bonds. The molecule has 0 bridgehead atoms. The molecule has 6 heteroatoms. The Morgan fingerprint density at radius 1 is 1.38 bits per heavy atom. The number of pyridine rings is 1. The second-order valence-corrected chi connectivity index (χ2v) is 3.81. The van der Waals surface area contributed by atoms with Crippen molar-refractivity contribution in [1.82, 2.24) is 4.98 Å². The standard InChI is InChI=1S/C10H9NO3S.Na/c1-14-8-4-5-9(15(12)13)10-7(8)3-2-6-11-10;/h2-6H,1H3,(H,12,13);/q;+1/p-1. The van der Waals surface area contributed by atoms with Crippen molar-refractivity contribution in [2.45, 2.75) is 4.90 Å². The summed E-state index contributed by atoms with van der Waals surface area (Å²) in [6.45, 7) is 0. The first-order valence-corrected chi connectivity index (χ1v) is 5.32. The first-order valence-electron chi connectivity index (χ1n) is 4.25. The van der Waals surface area contributed by atoms with Gasteiger partial charge in [-0.2, -0.15) is 0 Å². The summed E-state index contributed by atoms with van der Waals surface area (Å²) in [5, 5.41) is 0.696. The minimum absolute atomic E-state index is 0. The van der Waals surface area contributed by atoms with Crippen molar-refractivity contribution >= 4 is 22.0 Å². The van der Waals surface area contributed by atoms with Crippen molar-refractivity contribution in [2.75, 3.05) is 7.11 Å². The van der Waals surface area contributed by atoms with Gasteiger partial charge >= 0.3 is 29.6 Å². The monoisotopic (exact) mass is 245 g/mol. The third-order valence-electron chi connectivity index (χ3n) is 2.09. The molecule has 0 aliphatic heterocycles. The third-order valence-corrected chi connectivity index (χ3v) is 2.78. The molecule has 0 saturated heterocycles. The molecule has 1 heterocycles. The van der Waals surface area contributed by atoms with Gasteiger partial charge in [-0.15, -0.1) is 0 Å². The fourth-order valence-corrected chi connectivity index (χ4v) is 1.93. The number of aromatic nitrogens is 1. The van der Waals surface area contributed by atoms with E-state index in [1.807, 2.05) is 0 Å². The molecular weight excluding hydrogens is 237 g/mol. The molecule has 0 N–H and O–H groups in total. The van der Waals surface area contributed by atoms with Gasteiger partial charge in [0.05, 0.1) is 17.5 Å². The predicted molar refractivity (Wildman–Crippen MR) is 55.5 cm³/mol. The van der Waals surface area contributed by atoms with E-state index in [0.717, 1.165) is 0 Å². The van der Waals surface area contributed by atoms with E-state index in [0.29, 0.717) is 16.7 Å². The molecule has 0 spiro atoms. The van der Waals surface area contributed by atoms with Crippen LogP contribution in [-0.2, 0) is 11.1 Å².